The van der Waals surface area contributed by atoms with Crippen molar-refractivity contribution in [1.29, 1.82) is 0 Å². The first-order valence-electron chi connectivity index (χ1n) is 6.19. The minimum Gasteiger partial charge on any atom is -0.505 e. The van der Waals surface area contributed by atoms with Gasteiger partial charge in [-0.2, -0.15) is 0 Å². The van der Waals surface area contributed by atoms with Crippen molar-refractivity contribution in [2.24, 2.45) is 5.92 Å². The second kappa shape index (κ2) is 4.24. The molecule has 2 saturated heterocycles. The highest BCUT2D eigenvalue weighted by Gasteiger charge is 2.42. The van der Waals surface area contributed by atoms with Crippen LogP contribution in [-0.2, 0) is 4.79 Å². The molecule has 2 aliphatic rings. The quantitative estimate of drug-likeness (QED) is 0.699. The Morgan fingerprint density at radius 3 is 2.89 bits per heavy atom. The first kappa shape index (κ1) is 11.5. The number of carbonyl (C=O) groups is 1. The molecule has 1 amide bonds. The fourth-order valence-electron chi connectivity index (χ4n) is 2.93. The number of phenols is 1. The van der Waals surface area contributed by atoms with Gasteiger partial charge in [-0.1, -0.05) is 0 Å². The number of carbonyl (C=O) groups excluding carboxylic acids is 1. The standard InChI is InChI=1S/C13H15FN2O2/c14-10-6-8(2-4-12(10)17)16-13(18)9-5-7-1-3-11(9)15-7/h2,4,6-7,9,11,15,17H,1,3,5H2,(H,16,18). The summed E-state index contributed by atoms with van der Waals surface area (Å²) in [5, 5.41) is 15.2. The number of phenolic OH excluding ortho intramolecular Hbond substituents is 1. The summed E-state index contributed by atoms with van der Waals surface area (Å²) in [6.45, 7) is 0. The lowest BCUT2D eigenvalue weighted by Gasteiger charge is -2.19. The van der Waals surface area contributed by atoms with Crippen LogP contribution in [0, 0.1) is 11.7 Å². The van der Waals surface area contributed by atoms with E-state index < -0.39 is 11.6 Å². The van der Waals surface area contributed by atoms with Crippen LogP contribution in [0.15, 0.2) is 18.2 Å². The minimum atomic E-state index is -0.723. The lowest BCUT2D eigenvalue weighted by atomic mass is 9.88. The van der Waals surface area contributed by atoms with E-state index >= 15 is 0 Å². The van der Waals surface area contributed by atoms with E-state index in [0.717, 1.165) is 25.3 Å². The summed E-state index contributed by atoms with van der Waals surface area (Å²) in [7, 11) is 0. The van der Waals surface area contributed by atoms with Gasteiger partial charge in [0.15, 0.2) is 11.6 Å². The summed E-state index contributed by atoms with van der Waals surface area (Å²) in [4.78, 5) is 12.1. The molecule has 3 rings (SSSR count). The Labute approximate surface area is 104 Å². The predicted molar refractivity (Wildman–Crippen MR) is 64.7 cm³/mol. The van der Waals surface area contributed by atoms with E-state index in [9.17, 15) is 9.18 Å². The third-order valence-corrected chi connectivity index (χ3v) is 3.85. The SMILES string of the molecule is O=C(Nc1ccc(O)c(F)c1)C1CC2CCC1N2. The monoisotopic (exact) mass is 250 g/mol. The molecule has 0 saturated carbocycles. The van der Waals surface area contributed by atoms with E-state index in [1.807, 2.05) is 0 Å². The van der Waals surface area contributed by atoms with E-state index in [1.165, 1.54) is 12.1 Å². The summed E-state index contributed by atoms with van der Waals surface area (Å²) in [6.07, 6.45) is 3.03. The van der Waals surface area contributed by atoms with Crippen molar-refractivity contribution < 1.29 is 14.3 Å². The molecule has 1 aromatic rings. The van der Waals surface area contributed by atoms with Crippen molar-refractivity contribution in [3.63, 3.8) is 0 Å². The van der Waals surface area contributed by atoms with Crippen molar-refractivity contribution in [2.45, 2.75) is 31.3 Å². The molecule has 4 nitrogen and oxygen atoms in total. The molecule has 2 fully saturated rings. The van der Waals surface area contributed by atoms with Gasteiger partial charge in [0, 0.05) is 23.8 Å². The van der Waals surface area contributed by atoms with Crippen LogP contribution in [0.3, 0.4) is 0 Å². The average Bonchev–Trinajstić information content (AvgIpc) is 2.96. The van der Waals surface area contributed by atoms with Gasteiger partial charge >= 0.3 is 0 Å². The van der Waals surface area contributed by atoms with Gasteiger partial charge in [0.2, 0.25) is 5.91 Å². The van der Waals surface area contributed by atoms with E-state index in [1.54, 1.807) is 0 Å². The molecular formula is C13H15FN2O2. The van der Waals surface area contributed by atoms with E-state index in [0.29, 0.717) is 11.7 Å². The van der Waals surface area contributed by atoms with Crippen LogP contribution >= 0.6 is 0 Å². The van der Waals surface area contributed by atoms with Gasteiger partial charge in [-0.05, 0) is 31.4 Å². The number of anilines is 1. The Balaban J connectivity index is 1.69. The molecule has 3 N–H and O–H groups in total. The number of hydrogen-bond acceptors (Lipinski definition) is 3. The first-order valence-corrected chi connectivity index (χ1v) is 6.19. The summed E-state index contributed by atoms with van der Waals surface area (Å²) in [6, 6.07) is 4.59. The third-order valence-electron chi connectivity index (χ3n) is 3.85. The van der Waals surface area contributed by atoms with Crippen molar-refractivity contribution in [1.82, 2.24) is 5.32 Å². The zero-order chi connectivity index (χ0) is 12.7. The number of rotatable bonds is 2. The maximum Gasteiger partial charge on any atom is 0.229 e. The Hall–Kier alpha value is -1.62. The maximum atomic E-state index is 13.1. The molecule has 3 atom stereocenters. The predicted octanol–water partition coefficient (Wildman–Crippen LogP) is 1.61. The Morgan fingerprint density at radius 2 is 2.28 bits per heavy atom. The maximum absolute atomic E-state index is 13.1. The molecule has 0 aliphatic carbocycles. The van der Waals surface area contributed by atoms with Gasteiger partial charge in [-0.3, -0.25) is 4.79 Å². The second-order valence-corrected chi connectivity index (χ2v) is 5.05. The molecule has 0 aromatic heterocycles. The highest BCUT2D eigenvalue weighted by atomic mass is 19.1. The second-order valence-electron chi connectivity index (χ2n) is 5.05. The highest BCUT2D eigenvalue weighted by Crippen LogP contribution is 2.34. The summed E-state index contributed by atoms with van der Waals surface area (Å²) in [5.74, 6) is -1.23. The van der Waals surface area contributed by atoms with E-state index in [-0.39, 0.29) is 17.9 Å². The van der Waals surface area contributed by atoms with E-state index in [4.69, 9.17) is 5.11 Å². The molecule has 2 bridgehead atoms. The van der Waals surface area contributed by atoms with Crippen molar-refractivity contribution in [3.05, 3.63) is 24.0 Å². The molecule has 0 radical (unpaired) electrons. The topological polar surface area (TPSA) is 61.4 Å². The molecule has 2 aliphatic heterocycles. The normalized spacial score (nSPS) is 29.5. The molecule has 2 heterocycles. The van der Waals surface area contributed by atoms with Crippen LogP contribution in [0.2, 0.25) is 0 Å². The fraction of sp³-hybridized carbons (Fsp3) is 0.462. The summed E-state index contributed by atoms with van der Waals surface area (Å²) >= 11 is 0. The van der Waals surface area contributed by atoms with E-state index in [2.05, 4.69) is 10.6 Å². The van der Waals surface area contributed by atoms with Gasteiger partial charge in [0.1, 0.15) is 0 Å². The minimum absolute atomic E-state index is 0.0272. The smallest absolute Gasteiger partial charge is 0.229 e. The van der Waals surface area contributed by atoms with Crippen molar-refractivity contribution in [3.8, 4) is 5.75 Å². The number of halogens is 1. The highest BCUT2D eigenvalue weighted by molar-refractivity contribution is 5.93. The number of aromatic hydroxyl groups is 1. The number of fused-ring (bicyclic) bond motifs is 2. The summed E-state index contributed by atoms with van der Waals surface area (Å²) in [5.41, 5.74) is 0.387. The number of hydrogen-bond donors (Lipinski definition) is 3. The van der Waals surface area contributed by atoms with Gasteiger partial charge < -0.3 is 15.7 Å². The number of benzene rings is 1. The molecule has 0 spiro atoms. The molecule has 96 valence electrons. The first-order chi connectivity index (χ1) is 8.63. The Morgan fingerprint density at radius 1 is 1.44 bits per heavy atom. The van der Waals surface area contributed by atoms with Gasteiger partial charge in [-0.15, -0.1) is 0 Å². The molecule has 5 heteroatoms. The summed E-state index contributed by atoms with van der Waals surface area (Å²) < 4.78 is 13.1. The van der Waals surface area contributed by atoms with Gasteiger partial charge in [0.25, 0.3) is 0 Å². The van der Waals surface area contributed by atoms with Crippen LogP contribution in [0.4, 0.5) is 10.1 Å². The van der Waals surface area contributed by atoms with Crippen LogP contribution < -0.4 is 10.6 Å². The number of amides is 1. The Bertz CT molecular complexity index is 492. The fourth-order valence-corrected chi connectivity index (χ4v) is 2.93. The van der Waals surface area contributed by atoms with Crippen molar-refractivity contribution in [2.75, 3.05) is 5.32 Å². The lowest BCUT2D eigenvalue weighted by molar-refractivity contribution is -0.120. The van der Waals surface area contributed by atoms with Crippen LogP contribution in [0.5, 0.6) is 5.75 Å². The zero-order valence-electron chi connectivity index (χ0n) is 9.82. The van der Waals surface area contributed by atoms with Crippen LogP contribution in [0.1, 0.15) is 19.3 Å². The average molecular weight is 250 g/mol. The van der Waals surface area contributed by atoms with Crippen LogP contribution in [-0.4, -0.2) is 23.1 Å². The Kier molecular flexibility index (Phi) is 2.70. The number of nitrogens with one attached hydrogen (secondary N) is 2. The largest absolute Gasteiger partial charge is 0.505 e. The van der Waals surface area contributed by atoms with Gasteiger partial charge in [0.05, 0.1) is 5.92 Å². The molecular weight excluding hydrogens is 235 g/mol. The zero-order valence-corrected chi connectivity index (χ0v) is 9.82. The van der Waals surface area contributed by atoms with Crippen LogP contribution in [0.25, 0.3) is 0 Å². The lowest BCUT2D eigenvalue weighted by Crippen LogP contribution is -2.32. The molecule has 1 aromatic carbocycles. The third kappa shape index (κ3) is 1.95. The van der Waals surface area contributed by atoms with Crippen molar-refractivity contribution >= 4 is 11.6 Å². The molecule has 3 unspecified atom stereocenters. The molecule has 18 heavy (non-hydrogen) atoms. The van der Waals surface area contributed by atoms with Gasteiger partial charge in [-0.25, -0.2) is 4.39 Å².